The lowest BCUT2D eigenvalue weighted by atomic mass is 9.98. The van der Waals surface area contributed by atoms with Crippen LogP contribution in [0.4, 0.5) is 0 Å². The Hall–Kier alpha value is -1.95. The van der Waals surface area contributed by atoms with Crippen LogP contribution in [-0.4, -0.2) is 46.5 Å². The zero-order valence-corrected chi connectivity index (χ0v) is 17.8. The molecule has 0 atom stereocenters. The van der Waals surface area contributed by atoms with Crippen LogP contribution in [0.5, 0.6) is 11.5 Å². The summed E-state index contributed by atoms with van der Waals surface area (Å²) in [6, 6.07) is 5.92. The number of guanidine groups is 1. The van der Waals surface area contributed by atoms with Crippen LogP contribution >= 0.6 is 0 Å². The highest BCUT2D eigenvalue weighted by molar-refractivity contribution is 5.79. The fourth-order valence-electron chi connectivity index (χ4n) is 3.49. The number of hydrogen-bond donors (Lipinski definition) is 2. The number of ether oxygens (including phenoxy) is 3. The Labute approximate surface area is 170 Å². The summed E-state index contributed by atoms with van der Waals surface area (Å²) in [5.74, 6) is 2.29. The van der Waals surface area contributed by atoms with Crippen molar-refractivity contribution in [3.05, 3.63) is 23.8 Å². The highest BCUT2D eigenvalue weighted by atomic mass is 16.5. The van der Waals surface area contributed by atoms with E-state index in [1.807, 2.05) is 18.2 Å². The van der Waals surface area contributed by atoms with Gasteiger partial charge in [-0.05, 0) is 49.8 Å². The molecule has 1 fully saturated rings. The average Bonchev–Trinajstić information content (AvgIpc) is 2.75. The summed E-state index contributed by atoms with van der Waals surface area (Å²) in [7, 11) is 5.08. The summed E-state index contributed by atoms with van der Waals surface area (Å²) >= 11 is 0. The topological polar surface area (TPSA) is 64.1 Å². The van der Waals surface area contributed by atoms with Gasteiger partial charge in [-0.3, -0.25) is 4.99 Å². The molecule has 1 aromatic rings. The quantitative estimate of drug-likeness (QED) is 0.340. The molecule has 0 aliphatic heterocycles. The third kappa shape index (κ3) is 7.97. The van der Waals surface area contributed by atoms with E-state index in [1.54, 1.807) is 21.3 Å². The van der Waals surface area contributed by atoms with Gasteiger partial charge < -0.3 is 24.8 Å². The number of nitrogens with one attached hydrogen (secondary N) is 2. The second-order valence-electron chi connectivity index (χ2n) is 7.23. The number of rotatable bonds is 11. The molecule has 1 aliphatic carbocycles. The third-order valence-electron chi connectivity index (χ3n) is 5.15. The van der Waals surface area contributed by atoms with Gasteiger partial charge in [-0.1, -0.05) is 25.3 Å². The molecule has 0 amide bonds. The Kier molecular flexibility index (Phi) is 10.6. The molecule has 0 radical (unpaired) electrons. The molecule has 2 rings (SSSR count). The predicted molar refractivity (Wildman–Crippen MR) is 114 cm³/mol. The van der Waals surface area contributed by atoms with Crippen LogP contribution in [-0.2, 0) is 11.3 Å². The van der Waals surface area contributed by atoms with E-state index in [-0.39, 0.29) is 0 Å². The number of benzene rings is 1. The molecule has 0 bridgehead atoms. The molecule has 6 heteroatoms. The summed E-state index contributed by atoms with van der Waals surface area (Å²) in [6.07, 6.45) is 10.5. The van der Waals surface area contributed by atoms with Gasteiger partial charge in [0.25, 0.3) is 0 Å². The van der Waals surface area contributed by atoms with E-state index in [9.17, 15) is 0 Å². The van der Waals surface area contributed by atoms with Crippen LogP contribution in [0.3, 0.4) is 0 Å². The maximum absolute atomic E-state index is 5.98. The third-order valence-corrected chi connectivity index (χ3v) is 5.15. The molecular weight excluding hydrogens is 354 g/mol. The Balaban J connectivity index is 1.57. The van der Waals surface area contributed by atoms with Gasteiger partial charge in [0.15, 0.2) is 17.5 Å². The molecule has 0 saturated heterocycles. The first-order valence-corrected chi connectivity index (χ1v) is 10.5. The average molecular weight is 392 g/mol. The van der Waals surface area contributed by atoms with Gasteiger partial charge in [-0.2, -0.15) is 0 Å². The number of methoxy groups -OCH3 is 2. The monoisotopic (exact) mass is 391 g/mol. The maximum atomic E-state index is 5.98. The number of aliphatic imine (C=N–C) groups is 1. The van der Waals surface area contributed by atoms with Crippen molar-refractivity contribution in [2.24, 2.45) is 4.99 Å². The van der Waals surface area contributed by atoms with Crippen LogP contribution in [0.2, 0.25) is 0 Å². The number of unbranched alkanes of at least 4 members (excludes halogenated alkanes) is 2. The summed E-state index contributed by atoms with van der Waals surface area (Å²) in [5, 5.41) is 6.71. The molecule has 1 aromatic carbocycles. The van der Waals surface area contributed by atoms with E-state index in [4.69, 9.17) is 14.2 Å². The summed E-state index contributed by atoms with van der Waals surface area (Å²) in [4.78, 5) is 4.29. The minimum absolute atomic E-state index is 0.520. The Morgan fingerprint density at radius 1 is 1.00 bits per heavy atom. The fraction of sp³-hybridized carbons (Fsp3) is 0.682. The molecule has 1 saturated carbocycles. The van der Waals surface area contributed by atoms with Crippen molar-refractivity contribution in [2.45, 2.75) is 64.0 Å². The second kappa shape index (κ2) is 13.3. The Morgan fingerprint density at radius 3 is 2.50 bits per heavy atom. The first kappa shape index (κ1) is 22.3. The highest BCUT2D eigenvalue weighted by Gasteiger charge is 2.12. The van der Waals surface area contributed by atoms with Crippen molar-refractivity contribution in [3.63, 3.8) is 0 Å². The van der Waals surface area contributed by atoms with E-state index >= 15 is 0 Å². The lowest BCUT2D eigenvalue weighted by Gasteiger charge is -2.21. The van der Waals surface area contributed by atoms with E-state index in [1.165, 1.54) is 38.5 Å². The predicted octanol–water partition coefficient (Wildman–Crippen LogP) is 3.89. The SMILES string of the molecule is CN=C(NCCCCCOC1CCCCC1)NCc1ccc(OC)c(OC)c1. The molecule has 1 aliphatic rings. The molecule has 2 N–H and O–H groups in total. The van der Waals surface area contributed by atoms with Gasteiger partial charge in [0.05, 0.1) is 20.3 Å². The van der Waals surface area contributed by atoms with E-state index in [0.717, 1.165) is 49.0 Å². The van der Waals surface area contributed by atoms with Crippen molar-refractivity contribution in [1.29, 1.82) is 0 Å². The largest absolute Gasteiger partial charge is 0.493 e. The van der Waals surface area contributed by atoms with Gasteiger partial charge in [-0.15, -0.1) is 0 Å². The van der Waals surface area contributed by atoms with Crippen molar-refractivity contribution >= 4 is 5.96 Å². The molecular formula is C22H37N3O3. The summed E-state index contributed by atoms with van der Waals surface area (Å²) in [5.41, 5.74) is 1.11. The van der Waals surface area contributed by atoms with Gasteiger partial charge in [0, 0.05) is 26.7 Å². The summed E-state index contributed by atoms with van der Waals surface area (Å²) < 4.78 is 16.6. The van der Waals surface area contributed by atoms with Gasteiger partial charge in [0.1, 0.15) is 0 Å². The Bertz CT molecular complexity index is 586. The second-order valence-corrected chi connectivity index (χ2v) is 7.23. The van der Waals surface area contributed by atoms with Crippen molar-refractivity contribution < 1.29 is 14.2 Å². The first-order valence-electron chi connectivity index (χ1n) is 10.5. The van der Waals surface area contributed by atoms with E-state index in [0.29, 0.717) is 12.6 Å². The van der Waals surface area contributed by atoms with Gasteiger partial charge in [-0.25, -0.2) is 0 Å². The van der Waals surface area contributed by atoms with Gasteiger partial charge >= 0.3 is 0 Å². The van der Waals surface area contributed by atoms with Gasteiger partial charge in [0.2, 0.25) is 0 Å². The molecule has 0 heterocycles. The van der Waals surface area contributed by atoms with Crippen molar-refractivity contribution in [2.75, 3.05) is 34.4 Å². The van der Waals surface area contributed by atoms with Crippen LogP contribution in [0.15, 0.2) is 23.2 Å². The number of hydrogen-bond acceptors (Lipinski definition) is 4. The lowest BCUT2D eigenvalue weighted by molar-refractivity contribution is 0.0264. The van der Waals surface area contributed by atoms with Crippen LogP contribution < -0.4 is 20.1 Å². The first-order chi connectivity index (χ1) is 13.8. The van der Waals surface area contributed by atoms with Crippen molar-refractivity contribution in [3.8, 4) is 11.5 Å². The molecule has 0 unspecified atom stereocenters. The lowest BCUT2D eigenvalue weighted by Crippen LogP contribution is -2.37. The van der Waals surface area contributed by atoms with Crippen LogP contribution in [0.1, 0.15) is 56.9 Å². The van der Waals surface area contributed by atoms with E-state index < -0.39 is 0 Å². The van der Waals surface area contributed by atoms with E-state index in [2.05, 4.69) is 15.6 Å². The molecule has 6 nitrogen and oxygen atoms in total. The Morgan fingerprint density at radius 2 is 1.79 bits per heavy atom. The standard InChI is InChI=1S/C22H37N3O3/c1-23-22(25-17-18-12-13-20(26-2)21(16-18)27-3)24-14-8-5-9-15-28-19-10-6-4-7-11-19/h12-13,16,19H,4-11,14-15,17H2,1-3H3,(H2,23,24,25). The van der Waals surface area contributed by atoms with Crippen LogP contribution in [0.25, 0.3) is 0 Å². The molecule has 0 aromatic heterocycles. The molecule has 28 heavy (non-hydrogen) atoms. The summed E-state index contributed by atoms with van der Waals surface area (Å²) in [6.45, 7) is 2.49. The minimum Gasteiger partial charge on any atom is -0.493 e. The smallest absolute Gasteiger partial charge is 0.191 e. The minimum atomic E-state index is 0.520. The zero-order chi connectivity index (χ0) is 20.0. The van der Waals surface area contributed by atoms with Crippen LogP contribution in [0, 0.1) is 0 Å². The highest BCUT2D eigenvalue weighted by Crippen LogP contribution is 2.27. The normalized spacial score (nSPS) is 15.3. The number of nitrogens with zero attached hydrogens (tertiary/aromatic N) is 1. The fourth-order valence-corrected chi connectivity index (χ4v) is 3.49. The maximum Gasteiger partial charge on any atom is 0.191 e. The molecule has 158 valence electrons. The zero-order valence-electron chi connectivity index (χ0n) is 17.8. The molecule has 0 spiro atoms. The van der Waals surface area contributed by atoms with Crippen molar-refractivity contribution in [1.82, 2.24) is 10.6 Å².